The molecule has 1 aliphatic heterocycles. The number of halogens is 2. The molecule has 1 saturated heterocycles. The van der Waals surface area contributed by atoms with Gasteiger partial charge in [0.05, 0.1) is 5.41 Å². The highest BCUT2D eigenvalue weighted by atomic mass is 35.5. The van der Waals surface area contributed by atoms with Crippen molar-refractivity contribution in [1.29, 1.82) is 0 Å². The van der Waals surface area contributed by atoms with Crippen molar-refractivity contribution < 1.29 is 4.79 Å². The SMILES string of the molecule is Cl.O=C(NCC1CCCNC1)C1(c2cccc(Cl)c2)CCCC1. The summed E-state index contributed by atoms with van der Waals surface area (Å²) in [6.45, 7) is 2.91. The lowest BCUT2D eigenvalue weighted by molar-refractivity contribution is -0.126. The second kappa shape index (κ2) is 8.36. The van der Waals surface area contributed by atoms with E-state index in [9.17, 15) is 4.79 Å². The molecule has 23 heavy (non-hydrogen) atoms. The molecule has 1 atom stereocenters. The van der Waals surface area contributed by atoms with Crippen molar-refractivity contribution in [2.24, 2.45) is 5.92 Å². The number of piperidine rings is 1. The highest BCUT2D eigenvalue weighted by Crippen LogP contribution is 2.42. The summed E-state index contributed by atoms with van der Waals surface area (Å²) in [6, 6.07) is 7.85. The van der Waals surface area contributed by atoms with Crippen LogP contribution in [0.1, 0.15) is 44.1 Å². The molecule has 1 amide bonds. The van der Waals surface area contributed by atoms with Gasteiger partial charge < -0.3 is 10.6 Å². The summed E-state index contributed by atoms with van der Waals surface area (Å²) in [6.07, 6.45) is 6.51. The van der Waals surface area contributed by atoms with Crippen LogP contribution in [0.25, 0.3) is 0 Å². The monoisotopic (exact) mass is 356 g/mol. The van der Waals surface area contributed by atoms with E-state index in [0.29, 0.717) is 10.9 Å². The Hall–Kier alpha value is -0.770. The fraction of sp³-hybridized carbons (Fsp3) is 0.611. The molecule has 1 aromatic carbocycles. The van der Waals surface area contributed by atoms with E-state index in [0.717, 1.165) is 50.9 Å². The fourth-order valence-corrected chi connectivity index (χ4v) is 4.11. The lowest BCUT2D eigenvalue weighted by atomic mass is 9.78. The first-order chi connectivity index (χ1) is 10.7. The maximum atomic E-state index is 12.9. The number of hydrogen-bond acceptors (Lipinski definition) is 2. The number of hydrogen-bond donors (Lipinski definition) is 2. The second-order valence-electron chi connectivity index (χ2n) is 6.72. The smallest absolute Gasteiger partial charge is 0.230 e. The molecule has 0 bridgehead atoms. The molecule has 1 aliphatic carbocycles. The van der Waals surface area contributed by atoms with Gasteiger partial charge >= 0.3 is 0 Å². The van der Waals surface area contributed by atoms with E-state index in [1.165, 1.54) is 12.8 Å². The van der Waals surface area contributed by atoms with Gasteiger partial charge in [-0.25, -0.2) is 0 Å². The molecule has 2 fully saturated rings. The third kappa shape index (κ3) is 4.20. The van der Waals surface area contributed by atoms with E-state index >= 15 is 0 Å². The summed E-state index contributed by atoms with van der Waals surface area (Å²) in [5, 5.41) is 7.35. The van der Waals surface area contributed by atoms with Crippen molar-refractivity contribution in [3.8, 4) is 0 Å². The molecule has 2 aliphatic rings. The predicted octanol–water partition coefficient (Wildman–Crippen LogP) is 3.69. The summed E-state index contributed by atoms with van der Waals surface area (Å²) >= 11 is 6.15. The van der Waals surface area contributed by atoms with Crippen LogP contribution in [-0.2, 0) is 10.2 Å². The maximum absolute atomic E-state index is 12.9. The van der Waals surface area contributed by atoms with Crippen LogP contribution in [0.3, 0.4) is 0 Å². The lowest BCUT2D eigenvalue weighted by Crippen LogP contribution is -2.46. The molecule has 0 radical (unpaired) electrons. The molecule has 1 unspecified atom stereocenters. The van der Waals surface area contributed by atoms with E-state index < -0.39 is 0 Å². The van der Waals surface area contributed by atoms with E-state index in [1.807, 2.05) is 18.2 Å². The summed E-state index contributed by atoms with van der Waals surface area (Å²) in [5.41, 5.74) is 0.712. The topological polar surface area (TPSA) is 41.1 Å². The minimum Gasteiger partial charge on any atom is -0.355 e. The van der Waals surface area contributed by atoms with Gasteiger partial charge in [0, 0.05) is 11.6 Å². The Bertz CT molecular complexity index is 524. The Morgan fingerprint density at radius 1 is 1.30 bits per heavy atom. The zero-order chi connectivity index (χ0) is 15.4. The number of carbonyl (C=O) groups excluding carboxylic acids is 1. The van der Waals surface area contributed by atoms with Gasteiger partial charge in [0.2, 0.25) is 5.91 Å². The first-order valence-corrected chi connectivity index (χ1v) is 8.83. The van der Waals surface area contributed by atoms with Crippen LogP contribution in [0.4, 0.5) is 0 Å². The van der Waals surface area contributed by atoms with Gasteiger partial charge in [-0.2, -0.15) is 0 Å². The fourth-order valence-electron chi connectivity index (χ4n) is 3.92. The van der Waals surface area contributed by atoms with E-state index in [2.05, 4.69) is 16.7 Å². The second-order valence-corrected chi connectivity index (χ2v) is 7.16. The first kappa shape index (κ1) is 18.6. The van der Waals surface area contributed by atoms with Crippen LogP contribution >= 0.6 is 24.0 Å². The molecule has 3 nitrogen and oxygen atoms in total. The van der Waals surface area contributed by atoms with Crippen LogP contribution in [-0.4, -0.2) is 25.5 Å². The van der Waals surface area contributed by atoms with Crippen molar-refractivity contribution in [1.82, 2.24) is 10.6 Å². The van der Waals surface area contributed by atoms with Gasteiger partial charge in [0.15, 0.2) is 0 Å². The average Bonchev–Trinajstić information content (AvgIpc) is 3.05. The number of amides is 1. The minimum atomic E-state index is -0.368. The molecule has 3 rings (SSSR count). The Labute approximate surface area is 150 Å². The van der Waals surface area contributed by atoms with E-state index in [1.54, 1.807) is 0 Å². The van der Waals surface area contributed by atoms with E-state index in [-0.39, 0.29) is 23.7 Å². The minimum absolute atomic E-state index is 0. The third-order valence-electron chi connectivity index (χ3n) is 5.22. The highest BCUT2D eigenvalue weighted by Gasteiger charge is 2.42. The van der Waals surface area contributed by atoms with E-state index in [4.69, 9.17) is 11.6 Å². The van der Waals surface area contributed by atoms with Crippen molar-refractivity contribution in [2.45, 2.75) is 43.9 Å². The maximum Gasteiger partial charge on any atom is 0.230 e. The lowest BCUT2D eigenvalue weighted by Gasteiger charge is -2.30. The Kier molecular flexibility index (Phi) is 6.75. The average molecular weight is 357 g/mol. The van der Waals surface area contributed by atoms with Crippen LogP contribution < -0.4 is 10.6 Å². The quantitative estimate of drug-likeness (QED) is 0.863. The summed E-state index contributed by atoms with van der Waals surface area (Å²) in [4.78, 5) is 12.9. The molecule has 128 valence electrons. The van der Waals surface area contributed by atoms with Crippen LogP contribution in [0.15, 0.2) is 24.3 Å². The first-order valence-electron chi connectivity index (χ1n) is 8.46. The van der Waals surface area contributed by atoms with Gasteiger partial charge in [-0.3, -0.25) is 4.79 Å². The van der Waals surface area contributed by atoms with Crippen LogP contribution in [0.5, 0.6) is 0 Å². The molecular weight excluding hydrogens is 331 g/mol. The standard InChI is InChI=1S/C18H25ClN2O.ClH/c19-16-7-3-6-15(11-16)18(8-1-2-9-18)17(22)21-13-14-5-4-10-20-12-14;/h3,6-7,11,14,20H,1-2,4-5,8-10,12-13H2,(H,21,22);1H. The Balaban J connectivity index is 0.00000192. The molecule has 0 spiro atoms. The zero-order valence-electron chi connectivity index (χ0n) is 13.4. The van der Waals surface area contributed by atoms with Crippen LogP contribution in [0, 0.1) is 5.92 Å². The molecule has 0 aromatic heterocycles. The summed E-state index contributed by atoms with van der Waals surface area (Å²) in [5.74, 6) is 0.758. The van der Waals surface area contributed by atoms with Gasteiger partial charge in [-0.15, -0.1) is 12.4 Å². The molecule has 5 heteroatoms. The largest absolute Gasteiger partial charge is 0.355 e. The van der Waals surface area contributed by atoms with Gasteiger partial charge in [0.1, 0.15) is 0 Å². The number of rotatable bonds is 4. The number of nitrogens with one attached hydrogen (secondary N) is 2. The van der Waals surface area contributed by atoms with Gasteiger partial charge in [-0.05, 0) is 62.4 Å². The molecule has 2 N–H and O–H groups in total. The van der Waals surface area contributed by atoms with Crippen molar-refractivity contribution in [2.75, 3.05) is 19.6 Å². The van der Waals surface area contributed by atoms with Crippen molar-refractivity contribution >= 4 is 29.9 Å². The molecule has 1 saturated carbocycles. The normalized spacial score (nSPS) is 23.1. The highest BCUT2D eigenvalue weighted by molar-refractivity contribution is 6.30. The zero-order valence-corrected chi connectivity index (χ0v) is 15.0. The number of carbonyl (C=O) groups is 1. The van der Waals surface area contributed by atoms with Gasteiger partial charge in [-0.1, -0.05) is 36.6 Å². The van der Waals surface area contributed by atoms with Crippen LogP contribution in [0.2, 0.25) is 5.02 Å². The molecule has 1 heterocycles. The third-order valence-corrected chi connectivity index (χ3v) is 5.45. The Morgan fingerprint density at radius 2 is 2.09 bits per heavy atom. The number of benzene rings is 1. The summed E-state index contributed by atoms with van der Waals surface area (Å²) in [7, 11) is 0. The molecule has 1 aromatic rings. The molecular formula is C18H26Cl2N2O. The predicted molar refractivity (Wildman–Crippen MR) is 97.4 cm³/mol. The van der Waals surface area contributed by atoms with Gasteiger partial charge in [0.25, 0.3) is 0 Å². The van der Waals surface area contributed by atoms with Crippen molar-refractivity contribution in [3.05, 3.63) is 34.9 Å². The summed E-state index contributed by atoms with van der Waals surface area (Å²) < 4.78 is 0. The van der Waals surface area contributed by atoms with Crippen molar-refractivity contribution in [3.63, 3.8) is 0 Å². The Morgan fingerprint density at radius 3 is 2.74 bits per heavy atom.